The summed E-state index contributed by atoms with van der Waals surface area (Å²) in [7, 11) is -3.93. The number of nitrogens with one attached hydrogen (secondary N) is 1. The van der Waals surface area contributed by atoms with Crippen LogP contribution in [0, 0.1) is 5.82 Å². The second-order valence-corrected chi connectivity index (χ2v) is 9.54. The summed E-state index contributed by atoms with van der Waals surface area (Å²) in [5, 5.41) is 8.41. The maximum absolute atomic E-state index is 14.7. The zero-order chi connectivity index (χ0) is 22.1. The third kappa shape index (κ3) is 4.02. The van der Waals surface area contributed by atoms with Gasteiger partial charge < -0.3 is 14.0 Å². The third-order valence-corrected chi connectivity index (χ3v) is 6.98. The highest BCUT2D eigenvalue weighted by atomic mass is 32.2. The van der Waals surface area contributed by atoms with Crippen molar-refractivity contribution >= 4 is 15.7 Å². The predicted octanol–water partition coefficient (Wildman–Crippen LogP) is 3.77. The van der Waals surface area contributed by atoms with E-state index in [0.29, 0.717) is 37.1 Å². The van der Waals surface area contributed by atoms with Gasteiger partial charge in [-0.05, 0) is 43.2 Å². The SMILES string of the molecule is O=S(=O)(Nc1ccc(F)c(-c2nnc3n2CCCCC3)c1)c1ccc2c(c1)OCCCO2. The van der Waals surface area contributed by atoms with Crippen molar-refractivity contribution in [1.82, 2.24) is 14.8 Å². The van der Waals surface area contributed by atoms with Crippen molar-refractivity contribution in [3.05, 3.63) is 48.0 Å². The van der Waals surface area contributed by atoms with E-state index in [1.54, 1.807) is 6.07 Å². The first-order chi connectivity index (χ1) is 15.5. The highest BCUT2D eigenvalue weighted by Crippen LogP contribution is 2.33. The van der Waals surface area contributed by atoms with Crippen molar-refractivity contribution in [2.75, 3.05) is 17.9 Å². The van der Waals surface area contributed by atoms with Crippen molar-refractivity contribution in [2.24, 2.45) is 0 Å². The first kappa shape index (κ1) is 20.7. The monoisotopic (exact) mass is 458 g/mol. The first-order valence-corrected chi connectivity index (χ1v) is 12.1. The lowest BCUT2D eigenvalue weighted by atomic mass is 10.1. The maximum Gasteiger partial charge on any atom is 0.262 e. The standard InChI is InChI=1S/C22H23FN4O4S/c23-18-8-6-15(13-17(18)22-25-24-21-5-2-1-3-10-27(21)22)26-32(28,29)16-7-9-19-20(14-16)31-12-4-11-30-19/h6-9,13-14,26H,1-5,10-12H2. The average Bonchev–Trinajstić information content (AvgIpc) is 2.95. The van der Waals surface area contributed by atoms with E-state index < -0.39 is 15.8 Å². The number of rotatable bonds is 4. The van der Waals surface area contributed by atoms with Gasteiger partial charge in [-0.1, -0.05) is 6.42 Å². The molecular weight excluding hydrogens is 435 g/mol. The Bertz CT molecular complexity index is 1260. The Morgan fingerprint density at radius 2 is 1.78 bits per heavy atom. The molecule has 3 heterocycles. The van der Waals surface area contributed by atoms with Crippen LogP contribution in [-0.2, 0) is 23.0 Å². The van der Waals surface area contributed by atoms with Crippen LogP contribution in [-0.4, -0.2) is 36.4 Å². The lowest BCUT2D eigenvalue weighted by Gasteiger charge is -2.13. The molecule has 2 aromatic carbocycles. The van der Waals surface area contributed by atoms with Crippen molar-refractivity contribution in [3.8, 4) is 22.9 Å². The van der Waals surface area contributed by atoms with Gasteiger partial charge in [0.2, 0.25) is 0 Å². The highest BCUT2D eigenvalue weighted by molar-refractivity contribution is 7.92. The first-order valence-electron chi connectivity index (χ1n) is 10.7. The Kier molecular flexibility index (Phi) is 5.46. The summed E-state index contributed by atoms with van der Waals surface area (Å²) in [5.74, 6) is 1.66. The molecule has 3 aromatic rings. The van der Waals surface area contributed by atoms with Gasteiger partial charge in [0.15, 0.2) is 17.3 Å². The fraction of sp³-hybridized carbons (Fsp3) is 0.364. The number of fused-ring (bicyclic) bond motifs is 2. The van der Waals surface area contributed by atoms with E-state index >= 15 is 0 Å². The maximum atomic E-state index is 14.7. The molecule has 0 radical (unpaired) electrons. The van der Waals surface area contributed by atoms with E-state index in [1.807, 2.05) is 4.57 Å². The molecule has 168 valence electrons. The van der Waals surface area contributed by atoms with Gasteiger partial charge in [0, 0.05) is 31.1 Å². The minimum atomic E-state index is -3.93. The number of nitrogens with zero attached hydrogens (tertiary/aromatic N) is 3. The van der Waals surface area contributed by atoms with Crippen LogP contribution < -0.4 is 14.2 Å². The summed E-state index contributed by atoms with van der Waals surface area (Å²) in [4.78, 5) is 0.0315. The van der Waals surface area contributed by atoms with Crippen molar-refractivity contribution in [3.63, 3.8) is 0 Å². The van der Waals surface area contributed by atoms with Crippen molar-refractivity contribution < 1.29 is 22.3 Å². The summed E-state index contributed by atoms with van der Waals surface area (Å²) in [6.07, 6.45) is 4.59. The molecule has 2 aliphatic heterocycles. The second-order valence-electron chi connectivity index (χ2n) is 7.86. The van der Waals surface area contributed by atoms with Gasteiger partial charge in [-0.2, -0.15) is 0 Å². The molecule has 0 saturated carbocycles. The lowest BCUT2D eigenvalue weighted by Crippen LogP contribution is -2.13. The van der Waals surface area contributed by atoms with Crippen LogP contribution in [0.5, 0.6) is 11.5 Å². The topological polar surface area (TPSA) is 95.3 Å². The molecule has 0 fully saturated rings. The normalized spacial score (nSPS) is 16.0. The van der Waals surface area contributed by atoms with Crippen LogP contribution in [0.3, 0.4) is 0 Å². The lowest BCUT2D eigenvalue weighted by molar-refractivity contribution is 0.297. The molecule has 10 heteroatoms. The quantitative estimate of drug-likeness (QED) is 0.640. The molecule has 0 unspecified atom stereocenters. The Morgan fingerprint density at radius 3 is 2.66 bits per heavy atom. The molecule has 0 aliphatic carbocycles. The van der Waals surface area contributed by atoms with E-state index in [9.17, 15) is 12.8 Å². The molecule has 0 spiro atoms. The molecule has 8 nitrogen and oxygen atoms in total. The molecule has 0 amide bonds. The van der Waals surface area contributed by atoms with E-state index in [4.69, 9.17) is 9.47 Å². The van der Waals surface area contributed by atoms with Gasteiger partial charge in [-0.15, -0.1) is 10.2 Å². The Balaban J connectivity index is 1.45. The van der Waals surface area contributed by atoms with E-state index in [-0.39, 0.29) is 16.1 Å². The number of hydrogen-bond acceptors (Lipinski definition) is 6. The summed E-state index contributed by atoms with van der Waals surface area (Å²) >= 11 is 0. The summed E-state index contributed by atoms with van der Waals surface area (Å²) < 4.78 is 56.3. The van der Waals surface area contributed by atoms with Crippen LogP contribution >= 0.6 is 0 Å². The molecule has 2 aliphatic rings. The molecule has 1 N–H and O–H groups in total. The molecule has 0 atom stereocenters. The predicted molar refractivity (Wildman–Crippen MR) is 116 cm³/mol. The Labute approximate surface area is 185 Å². The Hall–Kier alpha value is -3.14. The highest BCUT2D eigenvalue weighted by Gasteiger charge is 2.22. The van der Waals surface area contributed by atoms with Crippen molar-refractivity contribution in [1.29, 1.82) is 0 Å². The number of aromatic nitrogens is 3. The fourth-order valence-corrected chi connectivity index (χ4v) is 5.03. The zero-order valence-corrected chi connectivity index (χ0v) is 18.2. The van der Waals surface area contributed by atoms with Crippen LogP contribution in [0.25, 0.3) is 11.4 Å². The molecular formula is C22H23FN4O4S. The minimum absolute atomic E-state index is 0.0315. The molecule has 0 bridgehead atoms. The molecule has 32 heavy (non-hydrogen) atoms. The van der Waals surface area contributed by atoms with Gasteiger partial charge in [0.05, 0.1) is 23.7 Å². The number of halogens is 1. The summed E-state index contributed by atoms with van der Waals surface area (Å²) in [5.41, 5.74) is 0.448. The number of anilines is 1. The number of sulfonamides is 1. The molecule has 0 saturated heterocycles. The summed E-state index contributed by atoms with van der Waals surface area (Å²) in [6, 6.07) is 8.55. The van der Waals surface area contributed by atoms with Gasteiger partial charge in [0.1, 0.15) is 11.6 Å². The zero-order valence-electron chi connectivity index (χ0n) is 17.4. The van der Waals surface area contributed by atoms with Gasteiger partial charge in [0.25, 0.3) is 10.0 Å². The van der Waals surface area contributed by atoms with Crippen LogP contribution in [0.4, 0.5) is 10.1 Å². The fourth-order valence-electron chi connectivity index (χ4n) is 3.97. The Morgan fingerprint density at radius 1 is 0.938 bits per heavy atom. The van der Waals surface area contributed by atoms with Crippen LogP contribution in [0.15, 0.2) is 41.3 Å². The van der Waals surface area contributed by atoms with E-state index in [2.05, 4.69) is 14.9 Å². The number of aryl methyl sites for hydroxylation is 1. The third-order valence-electron chi connectivity index (χ3n) is 5.60. The molecule has 1 aromatic heterocycles. The summed E-state index contributed by atoms with van der Waals surface area (Å²) in [6.45, 7) is 1.68. The smallest absolute Gasteiger partial charge is 0.262 e. The van der Waals surface area contributed by atoms with E-state index in [1.165, 1.54) is 30.3 Å². The number of benzene rings is 2. The average molecular weight is 459 g/mol. The van der Waals surface area contributed by atoms with Crippen LogP contribution in [0.2, 0.25) is 0 Å². The van der Waals surface area contributed by atoms with E-state index in [0.717, 1.165) is 37.9 Å². The van der Waals surface area contributed by atoms with Gasteiger partial charge in [-0.3, -0.25) is 4.72 Å². The minimum Gasteiger partial charge on any atom is -0.490 e. The van der Waals surface area contributed by atoms with Crippen molar-refractivity contribution in [2.45, 2.75) is 43.5 Å². The number of ether oxygens (including phenoxy) is 2. The van der Waals surface area contributed by atoms with Gasteiger partial charge in [-0.25, -0.2) is 12.8 Å². The van der Waals surface area contributed by atoms with Crippen LogP contribution in [0.1, 0.15) is 31.5 Å². The number of hydrogen-bond donors (Lipinski definition) is 1. The second kappa shape index (κ2) is 8.42. The van der Waals surface area contributed by atoms with Gasteiger partial charge >= 0.3 is 0 Å². The largest absolute Gasteiger partial charge is 0.490 e. The molecule has 5 rings (SSSR count).